The first-order valence-corrected chi connectivity index (χ1v) is 12.0. The van der Waals surface area contributed by atoms with Crippen LogP contribution in [0.4, 0.5) is 5.69 Å². The van der Waals surface area contributed by atoms with E-state index < -0.39 is 6.17 Å². The highest BCUT2D eigenvalue weighted by molar-refractivity contribution is 7.99. The molecule has 0 saturated carbocycles. The Kier molecular flexibility index (Phi) is 5.97. The average Bonchev–Trinajstić information content (AvgIpc) is 2.77. The number of hydrogen-bond acceptors (Lipinski definition) is 5. The third-order valence-corrected chi connectivity index (χ3v) is 6.51. The number of thioether (sulfide) groups is 2. The molecule has 0 aliphatic carbocycles. The quantitative estimate of drug-likeness (QED) is 0.483. The number of hydrogen-bond donors (Lipinski definition) is 1. The van der Waals surface area contributed by atoms with Crippen molar-refractivity contribution in [1.82, 2.24) is 10.1 Å². The van der Waals surface area contributed by atoms with E-state index in [1.54, 1.807) is 21.3 Å². The van der Waals surface area contributed by atoms with Crippen molar-refractivity contribution in [2.45, 2.75) is 36.5 Å². The van der Waals surface area contributed by atoms with Crippen molar-refractivity contribution in [2.75, 3.05) is 16.9 Å². The average molecular weight is 440 g/mol. The molecule has 0 radical (unpaired) electrons. The Balaban J connectivity index is 2.03. The van der Waals surface area contributed by atoms with E-state index in [1.807, 2.05) is 68.6 Å². The Morgan fingerprint density at radius 1 is 1.17 bits per heavy atom. The molecule has 0 fully saturated rings. The van der Waals surface area contributed by atoms with Gasteiger partial charge in [-0.3, -0.25) is 14.6 Å². The van der Waals surface area contributed by atoms with Crippen molar-refractivity contribution >= 4 is 35.1 Å². The zero-order valence-electron chi connectivity index (χ0n) is 17.1. The molecular formula is C22H23N4O2S2+. The zero-order valence-corrected chi connectivity index (χ0v) is 18.7. The predicted octanol–water partition coefficient (Wildman–Crippen LogP) is 3.86. The number of rotatable bonds is 5. The highest BCUT2D eigenvalue weighted by atomic mass is 32.2. The number of nitrogens with zero attached hydrogens (tertiary/aromatic N) is 3. The Morgan fingerprint density at radius 2 is 1.90 bits per heavy atom. The molecule has 0 bridgehead atoms. The summed E-state index contributed by atoms with van der Waals surface area (Å²) in [5, 5.41) is 5.30. The molecule has 1 aliphatic heterocycles. The fourth-order valence-electron chi connectivity index (χ4n) is 3.69. The van der Waals surface area contributed by atoms with E-state index in [0.29, 0.717) is 22.8 Å². The molecule has 30 heavy (non-hydrogen) atoms. The standard InChI is InChI=1S/C22H22N4O2S2/c1-4-18(27)25-17-9-7-6-8-16(17)19-20(28)23-22(30-5-2)24-26(19)21(25)14-10-12-15(29-3)13-11-14/h6-13,21H,4-5H2,1-3H3/p+1. The second-order valence-corrected chi connectivity index (χ2v) is 8.90. The fraction of sp³-hybridized carbons (Fsp3) is 0.273. The largest absolute Gasteiger partial charge is 0.325 e. The minimum atomic E-state index is -0.531. The van der Waals surface area contributed by atoms with E-state index in [2.05, 4.69) is 4.98 Å². The van der Waals surface area contributed by atoms with E-state index in [-0.39, 0.29) is 11.5 Å². The Labute approximate surface area is 183 Å². The van der Waals surface area contributed by atoms with Crippen LogP contribution >= 0.6 is 23.5 Å². The second kappa shape index (κ2) is 8.65. The van der Waals surface area contributed by atoms with Gasteiger partial charge in [-0.05, 0) is 53.1 Å². The van der Waals surface area contributed by atoms with E-state index in [0.717, 1.165) is 21.9 Å². The molecule has 2 heterocycles. The molecule has 1 unspecified atom stereocenters. The minimum Gasteiger partial charge on any atom is -0.291 e. The SMILES string of the molecule is CCSc1n[n+]2c(c(=O)[nH]1)-c1ccccc1N(C(=O)CC)C2c1ccc(SC)cc1. The summed E-state index contributed by atoms with van der Waals surface area (Å²) in [6, 6.07) is 15.6. The molecule has 0 spiro atoms. The first-order valence-electron chi connectivity index (χ1n) is 9.83. The summed E-state index contributed by atoms with van der Waals surface area (Å²) in [5.74, 6) is 0.759. The van der Waals surface area contributed by atoms with Gasteiger partial charge >= 0.3 is 11.3 Å². The van der Waals surface area contributed by atoms with Crippen molar-refractivity contribution < 1.29 is 9.48 Å². The monoisotopic (exact) mass is 439 g/mol. The van der Waals surface area contributed by atoms with Gasteiger partial charge in [-0.15, -0.1) is 11.8 Å². The number of para-hydroxylation sites is 1. The molecule has 1 aromatic heterocycles. The van der Waals surface area contributed by atoms with Crippen LogP contribution in [0.25, 0.3) is 11.3 Å². The van der Waals surface area contributed by atoms with Crippen molar-refractivity contribution in [1.29, 1.82) is 0 Å². The van der Waals surface area contributed by atoms with Crippen LogP contribution in [0.1, 0.15) is 32.0 Å². The van der Waals surface area contributed by atoms with Crippen molar-refractivity contribution in [2.24, 2.45) is 0 Å². The van der Waals surface area contributed by atoms with Crippen LogP contribution in [-0.4, -0.2) is 28.0 Å². The van der Waals surface area contributed by atoms with Crippen molar-refractivity contribution in [3.63, 3.8) is 0 Å². The first kappa shape index (κ1) is 20.7. The summed E-state index contributed by atoms with van der Waals surface area (Å²) in [5.41, 5.74) is 2.60. The van der Waals surface area contributed by atoms with E-state index in [1.165, 1.54) is 11.8 Å². The van der Waals surface area contributed by atoms with Gasteiger partial charge in [0.15, 0.2) is 0 Å². The topological polar surface area (TPSA) is 69.9 Å². The van der Waals surface area contributed by atoms with Crippen LogP contribution in [0, 0.1) is 0 Å². The zero-order chi connectivity index (χ0) is 21.3. The lowest BCUT2D eigenvalue weighted by Crippen LogP contribution is -2.60. The molecule has 6 nitrogen and oxygen atoms in total. The van der Waals surface area contributed by atoms with Gasteiger partial charge in [-0.25, -0.2) is 4.90 Å². The van der Waals surface area contributed by atoms with E-state index >= 15 is 0 Å². The normalized spacial score (nSPS) is 14.9. The maximum Gasteiger partial charge on any atom is 0.325 e. The number of H-pyrrole nitrogens is 1. The maximum atomic E-state index is 13.1. The summed E-state index contributed by atoms with van der Waals surface area (Å²) in [7, 11) is 0. The molecular weight excluding hydrogens is 416 g/mol. The number of anilines is 1. The highest BCUT2D eigenvalue weighted by Crippen LogP contribution is 2.37. The minimum absolute atomic E-state index is 0.0219. The molecule has 4 rings (SSSR count). The molecule has 1 N–H and O–H groups in total. The Morgan fingerprint density at radius 3 is 2.57 bits per heavy atom. The number of carbonyl (C=O) groups is 1. The van der Waals surface area contributed by atoms with Crippen LogP contribution < -0.4 is 15.1 Å². The number of nitrogens with one attached hydrogen (secondary N) is 1. The number of amides is 1. The smallest absolute Gasteiger partial charge is 0.291 e. The summed E-state index contributed by atoms with van der Waals surface area (Å²) >= 11 is 3.13. The van der Waals surface area contributed by atoms with Crippen LogP contribution in [0.3, 0.4) is 0 Å². The molecule has 2 aromatic carbocycles. The van der Waals surface area contributed by atoms with Gasteiger partial charge < -0.3 is 0 Å². The lowest BCUT2D eigenvalue weighted by molar-refractivity contribution is -0.763. The molecule has 1 amide bonds. The molecule has 1 atom stereocenters. The van der Waals surface area contributed by atoms with Crippen molar-refractivity contribution in [3.05, 3.63) is 64.4 Å². The van der Waals surface area contributed by atoms with E-state index in [9.17, 15) is 9.59 Å². The lowest BCUT2D eigenvalue weighted by atomic mass is 10.0. The third kappa shape index (κ3) is 3.54. The van der Waals surface area contributed by atoms with Crippen LogP contribution in [0.5, 0.6) is 0 Å². The predicted molar refractivity (Wildman–Crippen MR) is 121 cm³/mol. The number of carbonyl (C=O) groups excluding carboxylic acids is 1. The van der Waals surface area contributed by atoms with Crippen LogP contribution in [0.2, 0.25) is 0 Å². The number of fused-ring (bicyclic) bond motifs is 3. The van der Waals surface area contributed by atoms with Gasteiger partial charge in [-0.2, -0.15) is 0 Å². The second-order valence-electron chi connectivity index (χ2n) is 6.77. The van der Waals surface area contributed by atoms with Gasteiger partial charge in [0, 0.05) is 22.0 Å². The highest BCUT2D eigenvalue weighted by Gasteiger charge is 2.45. The van der Waals surface area contributed by atoms with Crippen LogP contribution in [0.15, 0.2) is 63.4 Å². The summed E-state index contributed by atoms with van der Waals surface area (Å²) in [4.78, 5) is 32.0. The molecule has 0 saturated heterocycles. The van der Waals surface area contributed by atoms with Gasteiger partial charge in [0.25, 0.3) is 6.17 Å². The number of benzene rings is 2. The number of aromatic amines is 1. The fourth-order valence-corrected chi connectivity index (χ4v) is 4.68. The summed E-state index contributed by atoms with van der Waals surface area (Å²) in [6.45, 7) is 3.86. The third-order valence-electron chi connectivity index (χ3n) is 5.02. The lowest BCUT2D eigenvalue weighted by Gasteiger charge is -2.32. The molecule has 154 valence electrons. The molecule has 1 aliphatic rings. The molecule has 8 heteroatoms. The first-order chi connectivity index (χ1) is 14.6. The Hall–Kier alpha value is -2.58. The Bertz CT molecular complexity index is 1140. The van der Waals surface area contributed by atoms with Crippen LogP contribution in [-0.2, 0) is 4.79 Å². The van der Waals surface area contributed by atoms with Gasteiger partial charge in [-0.1, -0.05) is 37.7 Å². The van der Waals surface area contributed by atoms with Crippen molar-refractivity contribution in [3.8, 4) is 11.3 Å². The number of aromatic nitrogens is 3. The van der Waals surface area contributed by atoms with Gasteiger partial charge in [0.1, 0.15) is 0 Å². The summed E-state index contributed by atoms with van der Waals surface area (Å²) < 4.78 is 1.71. The van der Waals surface area contributed by atoms with Gasteiger partial charge in [0.05, 0.1) is 11.3 Å². The summed E-state index contributed by atoms with van der Waals surface area (Å²) in [6.07, 6.45) is 1.85. The maximum absolute atomic E-state index is 13.1. The molecule has 3 aromatic rings. The van der Waals surface area contributed by atoms with E-state index in [4.69, 9.17) is 5.10 Å². The van der Waals surface area contributed by atoms with Gasteiger partial charge in [0.2, 0.25) is 11.1 Å².